The van der Waals surface area contributed by atoms with E-state index in [0.717, 1.165) is 51.8 Å². The molecule has 0 amide bonds. The van der Waals surface area contributed by atoms with Gasteiger partial charge in [0, 0.05) is 41.7 Å². The predicted molar refractivity (Wildman–Crippen MR) is 127 cm³/mol. The maximum Gasteiger partial charge on any atom is 0.336 e. The second kappa shape index (κ2) is 8.09. The van der Waals surface area contributed by atoms with E-state index in [0.29, 0.717) is 11.3 Å². The molecule has 0 aliphatic carbocycles. The SMILES string of the molecule is Cc1ccc2c(-c3cc4c(CN(C)Cc5ccccc5)cnc(C)c4o3)cc(=O)oc2c1. The molecule has 160 valence electrons. The highest BCUT2D eigenvalue weighted by Crippen LogP contribution is 2.34. The lowest BCUT2D eigenvalue weighted by Crippen LogP contribution is -2.17. The number of furan rings is 1. The van der Waals surface area contributed by atoms with Gasteiger partial charge in [-0.2, -0.15) is 0 Å². The summed E-state index contributed by atoms with van der Waals surface area (Å²) in [6.07, 6.45) is 1.92. The van der Waals surface area contributed by atoms with E-state index in [1.54, 1.807) is 0 Å². The summed E-state index contributed by atoms with van der Waals surface area (Å²) in [5, 5.41) is 1.86. The molecule has 5 nitrogen and oxygen atoms in total. The fourth-order valence-corrected chi connectivity index (χ4v) is 4.18. The molecular formula is C27H24N2O3. The highest BCUT2D eigenvalue weighted by atomic mass is 16.4. The van der Waals surface area contributed by atoms with Crippen molar-refractivity contribution in [2.45, 2.75) is 26.9 Å². The van der Waals surface area contributed by atoms with Crippen LogP contribution in [-0.2, 0) is 13.1 Å². The summed E-state index contributed by atoms with van der Waals surface area (Å²) in [6.45, 7) is 5.48. The summed E-state index contributed by atoms with van der Waals surface area (Å²) in [6, 6.07) is 19.8. The smallest absolute Gasteiger partial charge is 0.336 e. The minimum atomic E-state index is -0.392. The lowest BCUT2D eigenvalue weighted by molar-refractivity contribution is 0.320. The van der Waals surface area contributed by atoms with Gasteiger partial charge in [-0.05, 0) is 49.7 Å². The van der Waals surface area contributed by atoms with Crippen LogP contribution in [0, 0.1) is 13.8 Å². The van der Waals surface area contributed by atoms with Gasteiger partial charge in [0.25, 0.3) is 0 Å². The molecule has 0 aliphatic heterocycles. The Balaban J connectivity index is 1.57. The van der Waals surface area contributed by atoms with E-state index in [9.17, 15) is 4.79 Å². The zero-order valence-corrected chi connectivity index (χ0v) is 18.4. The lowest BCUT2D eigenvalue weighted by atomic mass is 10.1. The van der Waals surface area contributed by atoms with Crippen LogP contribution in [0.2, 0.25) is 0 Å². The van der Waals surface area contributed by atoms with Gasteiger partial charge in [-0.1, -0.05) is 42.5 Å². The molecule has 32 heavy (non-hydrogen) atoms. The molecule has 5 heteroatoms. The third-order valence-corrected chi connectivity index (χ3v) is 5.72. The maximum atomic E-state index is 12.2. The maximum absolute atomic E-state index is 12.2. The van der Waals surface area contributed by atoms with Crippen molar-refractivity contribution in [2.75, 3.05) is 7.05 Å². The summed E-state index contributed by atoms with van der Waals surface area (Å²) in [5.41, 5.74) is 5.85. The Morgan fingerprint density at radius 1 is 0.906 bits per heavy atom. The Morgan fingerprint density at radius 3 is 2.53 bits per heavy atom. The number of nitrogens with zero attached hydrogens (tertiary/aromatic N) is 2. The van der Waals surface area contributed by atoms with Crippen molar-refractivity contribution in [3.05, 3.63) is 99.7 Å². The number of hydrogen-bond acceptors (Lipinski definition) is 5. The molecule has 0 fully saturated rings. The molecule has 0 unspecified atom stereocenters. The average molecular weight is 425 g/mol. The van der Waals surface area contributed by atoms with Gasteiger partial charge in [0.1, 0.15) is 11.3 Å². The van der Waals surface area contributed by atoms with Gasteiger partial charge in [0.2, 0.25) is 0 Å². The number of aromatic nitrogens is 1. The van der Waals surface area contributed by atoms with Gasteiger partial charge in [-0.25, -0.2) is 4.79 Å². The molecule has 0 N–H and O–H groups in total. The van der Waals surface area contributed by atoms with Crippen LogP contribution in [0.25, 0.3) is 33.3 Å². The Morgan fingerprint density at radius 2 is 1.72 bits per heavy atom. The fraction of sp³-hybridized carbons (Fsp3) is 0.185. The molecule has 0 spiro atoms. The molecule has 3 aromatic heterocycles. The summed E-state index contributed by atoms with van der Waals surface area (Å²) in [5.74, 6) is 0.643. The van der Waals surface area contributed by atoms with Crippen molar-refractivity contribution in [1.82, 2.24) is 9.88 Å². The molecule has 0 aliphatic rings. The van der Waals surface area contributed by atoms with Gasteiger partial charge in [0.15, 0.2) is 5.58 Å². The standard InChI is InChI=1S/C27H24N2O3/c1-17-9-10-21-23(13-26(30)31-24(21)11-17)25-12-22-20(14-28-18(2)27(22)32-25)16-29(3)15-19-7-5-4-6-8-19/h4-14H,15-16H2,1-3H3. The second-order valence-electron chi connectivity index (χ2n) is 8.36. The number of pyridine rings is 1. The molecule has 0 saturated carbocycles. The molecule has 0 atom stereocenters. The molecule has 5 rings (SSSR count). The predicted octanol–water partition coefficient (Wildman–Crippen LogP) is 5.85. The second-order valence-corrected chi connectivity index (χ2v) is 8.36. The third-order valence-electron chi connectivity index (χ3n) is 5.72. The van der Waals surface area contributed by atoms with Crippen LogP contribution in [0.5, 0.6) is 0 Å². The Kier molecular flexibility index (Phi) is 5.11. The number of fused-ring (bicyclic) bond motifs is 2. The van der Waals surface area contributed by atoms with E-state index >= 15 is 0 Å². The number of aryl methyl sites for hydroxylation is 2. The zero-order chi connectivity index (χ0) is 22.2. The van der Waals surface area contributed by atoms with E-state index < -0.39 is 5.63 Å². The molecule has 3 heterocycles. The van der Waals surface area contributed by atoms with Gasteiger partial charge in [0.05, 0.1) is 5.69 Å². The first-order valence-corrected chi connectivity index (χ1v) is 10.6. The van der Waals surface area contributed by atoms with Gasteiger partial charge in [-0.15, -0.1) is 0 Å². The minimum absolute atomic E-state index is 0.392. The van der Waals surface area contributed by atoms with E-state index in [2.05, 4.69) is 41.2 Å². The van der Waals surface area contributed by atoms with Crippen LogP contribution in [0.3, 0.4) is 0 Å². The quantitative estimate of drug-likeness (QED) is 0.331. The summed E-state index contributed by atoms with van der Waals surface area (Å²) < 4.78 is 11.7. The first kappa shape index (κ1) is 20.2. The van der Waals surface area contributed by atoms with Gasteiger partial charge >= 0.3 is 5.63 Å². The first-order valence-electron chi connectivity index (χ1n) is 10.6. The van der Waals surface area contributed by atoms with Crippen molar-refractivity contribution in [3.8, 4) is 11.3 Å². The first-order chi connectivity index (χ1) is 15.5. The van der Waals surface area contributed by atoms with E-state index in [4.69, 9.17) is 8.83 Å². The van der Waals surface area contributed by atoms with Gasteiger partial charge < -0.3 is 8.83 Å². The van der Waals surface area contributed by atoms with Crippen molar-refractivity contribution >= 4 is 21.9 Å². The normalized spacial score (nSPS) is 11.6. The van der Waals surface area contributed by atoms with Crippen LogP contribution < -0.4 is 5.63 Å². The van der Waals surface area contributed by atoms with Crippen LogP contribution in [-0.4, -0.2) is 16.9 Å². The summed E-state index contributed by atoms with van der Waals surface area (Å²) in [4.78, 5) is 19.0. The van der Waals surface area contributed by atoms with Crippen molar-refractivity contribution in [2.24, 2.45) is 0 Å². The number of hydrogen-bond donors (Lipinski definition) is 0. The van der Waals surface area contributed by atoms with E-state index in [1.807, 2.05) is 50.4 Å². The third kappa shape index (κ3) is 3.83. The van der Waals surface area contributed by atoms with Crippen LogP contribution in [0.15, 0.2) is 80.5 Å². The highest BCUT2D eigenvalue weighted by molar-refractivity contribution is 5.95. The zero-order valence-electron chi connectivity index (χ0n) is 18.4. The Hall–Kier alpha value is -3.70. The molecule has 2 aromatic carbocycles. The summed E-state index contributed by atoms with van der Waals surface area (Å²) in [7, 11) is 2.10. The van der Waals surface area contributed by atoms with Crippen LogP contribution in [0.1, 0.15) is 22.4 Å². The van der Waals surface area contributed by atoms with Crippen molar-refractivity contribution < 1.29 is 8.83 Å². The molecule has 0 saturated heterocycles. The molecule has 0 radical (unpaired) electrons. The van der Waals surface area contributed by atoms with Crippen molar-refractivity contribution in [1.29, 1.82) is 0 Å². The summed E-state index contributed by atoms with van der Waals surface area (Å²) >= 11 is 0. The Bertz CT molecular complexity index is 1480. The minimum Gasteiger partial charge on any atom is -0.454 e. The van der Waals surface area contributed by atoms with Crippen LogP contribution >= 0.6 is 0 Å². The topological polar surface area (TPSA) is 59.5 Å². The Labute approximate surface area is 185 Å². The van der Waals surface area contributed by atoms with Crippen molar-refractivity contribution in [3.63, 3.8) is 0 Å². The highest BCUT2D eigenvalue weighted by Gasteiger charge is 2.17. The monoisotopic (exact) mass is 424 g/mol. The van der Waals surface area contributed by atoms with Gasteiger partial charge in [-0.3, -0.25) is 9.88 Å². The largest absolute Gasteiger partial charge is 0.454 e. The van der Waals surface area contributed by atoms with E-state index in [1.165, 1.54) is 11.6 Å². The average Bonchev–Trinajstić information content (AvgIpc) is 3.22. The lowest BCUT2D eigenvalue weighted by Gasteiger charge is -2.17. The van der Waals surface area contributed by atoms with Crippen LogP contribution in [0.4, 0.5) is 0 Å². The van der Waals surface area contributed by atoms with E-state index in [-0.39, 0.29) is 0 Å². The number of rotatable bonds is 5. The number of benzene rings is 2. The fourth-order valence-electron chi connectivity index (χ4n) is 4.18. The molecular weight excluding hydrogens is 400 g/mol. The molecule has 5 aromatic rings. The molecule has 0 bridgehead atoms.